The lowest BCUT2D eigenvalue weighted by Crippen LogP contribution is -2.57. The number of thiocarbonyl (C=S) groups is 1. The van der Waals surface area contributed by atoms with Gasteiger partial charge in [-0.3, -0.25) is 5.01 Å². The Kier molecular flexibility index (Phi) is 7.41. The molecule has 4 N–H and O–H groups in total. The van der Waals surface area contributed by atoms with Crippen LogP contribution in [0.1, 0.15) is 12.5 Å². The van der Waals surface area contributed by atoms with Crippen LogP contribution in [-0.4, -0.2) is 50.3 Å². The van der Waals surface area contributed by atoms with Crippen LogP contribution in [0.15, 0.2) is 49.1 Å². The van der Waals surface area contributed by atoms with E-state index in [1.165, 1.54) is 31.6 Å². The summed E-state index contributed by atoms with van der Waals surface area (Å²) in [5.41, 5.74) is -1.64. The van der Waals surface area contributed by atoms with Crippen molar-refractivity contribution < 1.29 is 23.4 Å². The van der Waals surface area contributed by atoms with Crippen LogP contribution in [0.3, 0.4) is 0 Å². The molecule has 1 aromatic heterocycles. The van der Waals surface area contributed by atoms with Gasteiger partial charge < -0.3 is 19.9 Å². The number of hydrazine groups is 1. The van der Waals surface area contributed by atoms with Gasteiger partial charge in [0, 0.05) is 17.7 Å². The third kappa shape index (κ3) is 5.18. The molecule has 0 amide bonds. The van der Waals surface area contributed by atoms with Crippen LogP contribution in [0.2, 0.25) is 0 Å². The molecule has 12 heteroatoms. The molecule has 0 saturated heterocycles. The second kappa shape index (κ2) is 10.1. The minimum absolute atomic E-state index is 0.0190. The summed E-state index contributed by atoms with van der Waals surface area (Å²) < 4.78 is 40.1. The minimum Gasteiger partial charge on any atom is -0.497 e. The molecule has 2 aromatic carbocycles. The van der Waals surface area contributed by atoms with Gasteiger partial charge in [0.25, 0.3) is 0 Å². The second-order valence-electron chi connectivity index (χ2n) is 7.22. The summed E-state index contributed by atoms with van der Waals surface area (Å²) in [6.07, 6.45) is 2.63. The third-order valence-electron chi connectivity index (χ3n) is 5.26. The molecule has 176 valence electrons. The molecule has 0 fully saturated rings. The van der Waals surface area contributed by atoms with Crippen molar-refractivity contribution in [2.24, 2.45) is 5.84 Å². The number of rotatable bonds is 8. The lowest BCUT2D eigenvalue weighted by molar-refractivity contribution is -0.0457. The third-order valence-corrected chi connectivity index (χ3v) is 5.57. The summed E-state index contributed by atoms with van der Waals surface area (Å²) in [6.45, 7) is 1.33. The molecule has 33 heavy (non-hydrogen) atoms. The van der Waals surface area contributed by atoms with Gasteiger partial charge in [-0.2, -0.15) is 5.10 Å². The maximum Gasteiger partial charge on any atom is 0.188 e. The standard InChI is InChI=1S/C21H24F2N6O3S/c1-13(29(24)20(33)27-18-7-5-15(31-2)9-19(18)32-3)21(30,10-28-12-25-11-26-28)16-6-4-14(22)8-17(16)23/h4-9,11-13,30H,10,24H2,1-3H3,(H,27,33)/t13-,21-/m1/s1. The lowest BCUT2D eigenvalue weighted by Gasteiger charge is -2.40. The quantitative estimate of drug-likeness (QED) is 0.255. The number of anilines is 1. The Hall–Kier alpha value is -3.35. The van der Waals surface area contributed by atoms with Crippen LogP contribution < -0.4 is 20.6 Å². The molecular weight excluding hydrogens is 454 g/mol. The highest BCUT2D eigenvalue weighted by molar-refractivity contribution is 7.80. The monoisotopic (exact) mass is 478 g/mol. The average Bonchev–Trinajstić information content (AvgIpc) is 3.30. The molecular formula is C21H24F2N6O3S. The number of aromatic nitrogens is 3. The van der Waals surface area contributed by atoms with E-state index in [1.54, 1.807) is 25.1 Å². The van der Waals surface area contributed by atoms with Crippen molar-refractivity contribution in [3.63, 3.8) is 0 Å². The number of nitrogens with two attached hydrogens (primary N) is 1. The first kappa shape index (κ1) is 24.3. The van der Waals surface area contributed by atoms with Crippen molar-refractivity contribution >= 4 is 23.0 Å². The maximum absolute atomic E-state index is 14.7. The molecule has 0 aliphatic rings. The maximum atomic E-state index is 14.7. The van der Waals surface area contributed by atoms with Gasteiger partial charge in [-0.1, -0.05) is 6.07 Å². The first-order valence-corrected chi connectivity index (χ1v) is 10.2. The lowest BCUT2D eigenvalue weighted by atomic mass is 9.86. The first-order chi connectivity index (χ1) is 15.7. The summed E-state index contributed by atoms with van der Waals surface area (Å²) in [4.78, 5) is 3.84. The molecule has 2 atom stereocenters. The van der Waals surface area contributed by atoms with Crippen molar-refractivity contribution in [2.75, 3.05) is 19.5 Å². The molecule has 1 heterocycles. The van der Waals surface area contributed by atoms with E-state index in [2.05, 4.69) is 15.4 Å². The van der Waals surface area contributed by atoms with Gasteiger partial charge >= 0.3 is 0 Å². The molecule has 9 nitrogen and oxygen atoms in total. The number of hydrogen-bond acceptors (Lipinski definition) is 7. The number of aliphatic hydroxyl groups is 1. The molecule has 3 aromatic rings. The van der Waals surface area contributed by atoms with Crippen molar-refractivity contribution in [3.05, 3.63) is 66.3 Å². The van der Waals surface area contributed by atoms with E-state index < -0.39 is 23.3 Å². The number of hydrogen-bond donors (Lipinski definition) is 3. The smallest absolute Gasteiger partial charge is 0.188 e. The number of halogens is 2. The second-order valence-corrected chi connectivity index (χ2v) is 7.61. The topological polar surface area (TPSA) is 111 Å². The van der Waals surface area contributed by atoms with Crippen LogP contribution in [-0.2, 0) is 12.1 Å². The zero-order valence-corrected chi connectivity index (χ0v) is 19.0. The zero-order chi connectivity index (χ0) is 24.2. The van der Waals surface area contributed by atoms with Crippen LogP contribution in [0, 0.1) is 11.6 Å². The van der Waals surface area contributed by atoms with E-state index >= 15 is 0 Å². The molecule has 0 aliphatic carbocycles. The van der Waals surface area contributed by atoms with Gasteiger partial charge in [0.05, 0.1) is 32.5 Å². The highest BCUT2D eigenvalue weighted by Gasteiger charge is 2.42. The summed E-state index contributed by atoms with van der Waals surface area (Å²) in [7, 11) is 3.01. The SMILES string of the molecule is COc1ccc(NC(=S)N(N)[C@H](C)[C@](O)(Cn2cncn2)c2ccc(F)cc2F)c(OC)c1. The van der Waals surface area contributed by atoms with Crippen molar-refractivity contribution in [1.29, 1.82) is 0 Å². The highest BCUT2D eigenvalue weighted by atomic mass is 32.1. The Morgan fingerprint density at radius 2 is 2.03 bits per heavy atom. The van der Waals surface area contributed by atoms with Gasteiger partial charge in [-0.05, 0) is 37.3 Å². The van der Waals surface area contributed by atoms with E-state index in [4.69, 9.17) is 27.5 Å². The van der Waals surface area contributed by atoms with E-state index in [-0.39, 0.29) is 17.2 Å². The first-order valence-electron chi connectivity index (χ1n) is 9.77. The Morgan fingerprint density at radius 3 is 2.64 bits per heavy atom. The van der Waals surface area contributed by atoms with Crippen LogP contribution >= 0.6 is 12.2 Å². The summed E-state index contributed by atoms with van der Waals surface area (Å²) in [6, 6.07) is 6.95. The van der Waals surface area contributed by atoms with E-state index in [1.807, 2.05) is 0 Å². The number of nitrogens with zero attached hydrogens (tertiary/aromatic N) is 4. The predicted octanol–water partition coefficient (Wildman–Crippen LogP) is 2.42. The van der Waals surface area contributed by atoms with Gasteiger partial charge in [0.15, 0.2) is 5.11 Å². The van der Waals surface area contributed by atoms with Gasteiger partial charge in [0.2, 0.25) is 0 Å². The zero-order valence-electron chi connectivity index (χ0n) is 18.2. The van der Waals surface area contributed by atoms with Crippen LogP contribution in [0.4, 0.5) is 14.5 Å². The van der Waals surface area contributed by atoms with Gasteiger partial charge in [-0.25, -0.2) is 24.3 Å². The van der Waals surface area contributed by atoms with E-state index in [0.29, 0.717) is 23.3 Å². The normalized spacial score (nSPS) is 13.7. The van der Waals surface area contributed by atoms with Gasteiger partial charge in [0.1, 0.15) is 41.4 Å². The Bertz CT molecular complexity index is 1120. The fourth-order valence-electron chi connectivity index (χ4n) is 3.33. The fraction of sp³-hybridized carbons (Fsp3) is 0.286. The summed E-state index contributed by atoms with van der Waals surface area (Å²) >= 11 is 5.43. The molecule has 0 aliphatic heterocycles. The number of ether oxygens (including phenoxy) is 2. The number of benzene rings is 2. The largest absolute Gasteiger partial charge is 0.497 e. The van der Waals surface area contributed by atoms with E-state index in [9.17, 15) is 13.9 Å². The van der Waals surface area contributed by atoms with Crippen molar-refractivity contribution in [3.8, 4) is 11.5 Å². The summed E-state index contributed by atoms with van der Waals surface area (Å²) in [5.74, 6) is 5.56. The highest BCUT2D eigenvalue weighted by Crippen LogP contribution is 2.33. The predicted molar refractivity (Wildman–Crippen MR) is 122 cm³/mol. The fourth-order valence-corrected chi connectivity index (χ4v) is 3.60. The molecule has 0 bridgehead atoms. The number of nitrogens with one attached hydrogen (secondary N) is 1. The Balaban J connectivity index is 1.92. The molecule has 0 saturated carbocycles. The Morgan fingerprint density at radius 1 is 1.27 bits per heavy atom. The van der Waals surface area contributed by atoms with Gasteiger partial charge in [-0.15, -0.1) is 0 Å². The minimum atomic E-state index is -1.96. The molecule has 0 radical (unpaired) electrons. The Labute approximate surface area is 194 Å². The summed E-state index contributed by atoms with van der Waals surface area (Å²) in [5, 5.41) is 19.7. The molecule has 0 unspecified atom stereocenters. The average molecular weight is 479 g/mol. The van der Waals surface area contributed by atoms with E-state index in [0.717, 1.165) is 17.1 Å². The molecule has 0 spiro atoms. The number of methoxy groups -OCH3 is 2. The van der Waals surface area contributed by atoms with Crippen molar-refractivity contribution in [2.45, 2.75) is 25.1 Å². The van der Waals surface area contributed by atoms with Crippen molar-refractivity contribution in [1.82, 2.24) is 19.8 Å². The van der Waals surface area contributed by atoms with Crippen LogP contribution in [0.5, 0.6) is 11.5 Å². The van der Waals surface area contributed by atoms with Crippen LogP contribution in [0.25, 0.3) is 0 Å². The molecule has 3 rings (SSSR count).